The molecule has 0 saturated carbocycles. The lowest BCUT2D eigenvalue weighted by Crippen LogP contribution is -1.07. The molecular weight excluding hydrogens is 91.1 g/mol. The molecule has 0 spiro atoms. The van der Waals surface area contributed by atoms with Crippen molar-refractivity contribution in [3.63, 3.8) is 0 Å². The smallest absolute Gasteiger partial charge is 0.232 e. The molecule has 41 valence electrons. The van der Waals surface area contributed by atoms with Crippen LogP contribution in [0, 0.1) is 7.18 Å². The third-order valence-corrected chi connectivity index (χ3v) is 0. The van der Waals surface area contributed by atoms with Crippen LogP contribution in [0.25, 0.3) is 0 Å². The molecule has 0 aromatic heterocycles. The molecule has 0 heterocycles. The molecule has 0 nitrogen and oxygen atoms in total. The number of hydrogen-bond donors (Lipinski definition) is 0. The summed E-state index contributed by atoms with van der Waals surface area (Å²) in [5, 5.41) is 0. The van der Waals surface area contributed by atoms with Gasteiger partial charge in [-0.1, -0.05) is 6.08 Å². The number of allylic oxidation sites excluding steroid dienone is 1. The highest BCUT2D eigenvalue weighted by Crippen LogP contribution is 1.38. The van der Waals surface area contributed by atoms with E-state index in [9.17, 15) is 0 Å². The molecule has 0 aromatic rings. The first-order valence-electron chi connectivity index (χ1n) is 1.67. The highest BCUT2D eigenvalue weighted by atomic mass is 19.1. The molecule has 1 heteroatoms. The van der Waals surface area contributed by atoms with Gasteiger partial charge in [-0.3, -0.25) is 0 Å². The Labute approximate surface area is 45.4 Å². The Morgan fingerprint density at radius 2 is 1.43 bits per heavy atom. The molecule has 0 atom stereocenters. The summed E-state index contributed by atoms with van der Waals surface area (Å²) < 4.78 is 8.75. The summed E-state index contributed by atoms with van der Waals surface area (Å²) in [4.78, 5) is 0. The minimum absolute atomic E-state index is 1.75. The SMILES string of the molecule is C=C.C=CC.[C]F. The summed E-state index contributed by atoms with van der Waals surface area (Å²) in [6.07, 6.45) is 1.75. The van der Waals surface area contributed by atoms with Gasteiger partial charge in [0.25, 0.3) is 0 Å². The molecule has 0 amide bonds. The summed E-state index contributed by atoms with van der Waals surface area (Å²) in [6.45, 7) is 11.2. The highest BCUT2D eigenvalue weighted by Gasteiger charge is 1.15. The monoisotopic (exact) mass is 101 g/mol. The van der Waals surface area contributed by atoms with Crippen molar-refractivity contribution in [3.05, 3.63) is 33.0 Å². The van der Waals surface area contributed by atoms with Gasteiger partial charge in [0.2, 0.25) is 7.18 Å². The zero-order valence-corrected chi connectivity index (χ0v) is 4.58. The Bertz CT molecular complexity index is 18.1. The predicted molar refractivity (Wildman–Crippen MR) is 31.5 cm³/mol. The Morgan fingerprint density at radius 3 is 1.43 bits per heavy atom. The van der Waals surface area contributed by atoms with Gasteiger partial charge in [0.15, 0.2) is 0 Å². The molecule has 0 fully saturated rings. The van der Waals surface area contributed by atoms with Crippen LogP contribution in [0.4, 0.5) is 4.39 Å². The van der Waals surface area contributed by atoms with Crippen molar-refractivity contribution in [1.82, 2.24) is 0 Å². The largest absolute Gasteiger partial charge is 0.232 e. The first kappa shape index (κ1) is 16.1. The molecule has 0 N–H and O–H groups in total. The minimum atomic E-state index is 1.75. The van der Waals surface area contributed by atoms with E-state index in [-0.39, 0.29) is 0 Å². The van der Waals surface area contributed by atoms with Gasteiger partial charge in [0.05, 0.1) is 0 Å². The molecular formula is C6H10F. The average Bonchev–Trinajstić information content (AvgIpc) is 1.78. The third kappa shape index (κ3) is 181. The summed E-state index contributed by atoms with van der Waals surface area (Å²) in [6, 6.07) is 0. The fraction of sp³-hybridized carbons (Fsp3) is 0.167. The molecule has 0 bridgehead atoms. The van der Waals surface area contributed by atoms with E-state index in [1.807, 2.05) is 6.92 Å². The number of rotatable bonds is 0. The lowest BCUT2D eigenvalue weighted by Gasteiger charge is -1.31. The Morgan fingerprint density at radius 1 is 1.43 bits per heavy atom. The van der Waals surface area contributed by atoms with Gasteiger partial charge in [-0.2, -0.15) is 0 Å². The standard InChI is InChI=1S/C3H6.C2H4.CF/c1-3-2;2*1-2/h3H,1H2,2H3;1-2H2;. The van der Waals surface area contributed by atoms with E-state index in [4.69, 9.17) is 4.39 Å². The molecule has 0 unspecified atom stereocenters. The average molecular weight is 101 g/mol. The lowest BCUT2D eigenvalue weighted by atomic mass is 10.8. The first-order chi connectivity index (χ1) is 3.41. The van der Waals surface area contributed by atoms with E-state index in [1.165, 1.54) is 0 Å². The van der Waals surface area contributed by atoms with Crippen LogP contribution in [0.1, 0.15) is 6.92 Å². The van der Waals surface area contributed by atoms with E-state index in [2.05, 4.69) is 26.9 Å². The fourth-order valence-corrected chi connectivity index (χ4v) is 0. The maximum absolute atomic E-state index is 8.75. The van der Waals surface area contributed by atoms with Crippen molar-refractivity contribution in [2.45, 2.75) is 6.92 Å². The van der Waals surface area contributed by atoms with E-state index in [0.29, 0.717) is 0 Å². The topological polar surface area (TPSA) is 0 Å². The maximum Gasteiger partial charge on any atom is 0.232 e. The van der Waals surface area contributed by atoms with E-state index >= 15 is 0 Å². The zero-order chi connectivity index (χ0) is 6.71. The first-order valence-corrected chi connectivity index (χ1v) is 1.67. The van der Waals surface area contributed by atoms with Crippen LogP contribution in [-0.4, -0.2) is 0 Å². The second-order valence-corrected chi connectivity index (χ2v) is 0.408. The van der Waals surface area contributed by atoms with Crippen molar-refractivity contribution in [1.29, 1.82) is 0 Å². The second kappa shape index (κ2) is 626. The normalized spacial score (nSPS) is 3.29. The molecule has 0 aliphatic rings. The van der Waals surface area contributed by atoms with Crippen LogP contribution >= 0.6 is 0 Å². The van der Waals surface area contributed by atoms with Crippen LogP contribution in [-0.2, 0) is 0 Å². The van der Waals surface area contributed by atoms with E-state index in [0.717, 1.165) is 0 Å². The minimum Gasteiger partial charge on any atom is -0.232 e. The molecule has 0 aliphatic carbocycles. The Kier molecular flexibility index (Phi) is 1440. The Hall–Kier alpha value is -0.590. The van der Waals surface area contributed by atoms with Gasteiger partial charge in [-0.05, 0) is 6.92 Å². The molecule has 0 rings (SSSR count). The van der Waals surface area contributed by atoms with Gasteiger partial charge in [0, 0.05) is 0 Å². The van der Waals surface area contributed by atoms with Crippen molar-refractivity contribution in [2.75, 3.05) is 0 Å². The molecule has 0 saturated heterocycles. The van der Waals surface area contributed by atoms with Gasteiger partial charge < -0.3 is 0 Å². The van der Waals surface area contributed by atoms with Crippen LogP contribution < -0.4 is 0 Å². The Balaban J connectivity index is -0.0000000360. The number of halogens is 1. The molecule has 0 aliphatic heterocycles. The van der Waals surface area contributed by atoms with Gasteiger partial charge in [0.1, 0.15) is 0 Å². The molecule has 3 radical (unpaired) electrons. The summed E-state index contributed by atoms with van der Waals surface area (Å²) >= 11 is 0. The van der Waals surface area contributed by atoms with Crippen molar-refractivity contribution >= 4 is 0 Å². The van der Waals surface area contributed by atoms with Crippen LogP contribution in [0.15, 0.2) is 25.8 Å². The zero-order valence-electron chi connectivity index (χ0n) is 4.58. The number of hydrogen-bond acceptors (Lipinski definition) is 0. The van der Waals surface area contributed by atoms with E-state index in [1.54, 1.807) is 6.08 Å². The fourth-order valence-electron chi connectivity index (χ4n) is 0. The van der Waals surface area contributed by atoms with Crippen LogP contribution in [0.3, 0.4) is 0 Å². The van der Waals surface area contributed by atoms with Gasteiger partial charge >= 0.3 is 0 Å². The summed E-state index contributed by atoms with van der Waals surface area (Å²) in [7, 11) is 4.25. The van der Waals surface area contributed by atoms with Crippen molar-refractivity contribution in [3.8, 4) is 0 Å². The maximum atomic E-state index is 8.75. The molecule has 0 aromatic carbocycles. The van der Waals surface area contributed by atoms with Gasteiger partial charge in [-0.25, -0.2) is 4.39 Å². The third-order valence-electron chi connectivity index (χ3n) is 0. The lowest BCUT2D eigenvalue weighted by molar-refractivity contribution is 0.713. The van der Waals surface area contributed by atoms with Gasteiger partial charge in [-0.15, -0.1) is 19.7 Å². The highest BCUT2D eigenvalue weighted by molar-refractivity contribution is 4.51. The summed E-state index contributed by atoms with van der Waals surface area (Å²) in [5.74, 6) is 0. The summed E-state index contributed by atoms with van der Waals surface area (Å²) in [5.41, 5.74) is 0. The van der Waals surface area contributed by atoms with Crippen molar-refractivity contribution in [2.24, 2.45) is 0 Å². The second-order valence-electron chi connectivity index (χ2n) is 0.408. The van der Waals surface area contributed by atoms with E-state index < -0.39 is 0 Å². The predicted octanol–water partition coefficient (Wildman–Crippen LogP) is 2.50. The molecule has 7 heavy (non-hydrogen) atoms. The van der Waals surface area contributed by atoms with Crippen LogP contribution in [0.5, 0.6) is 0 Å². The quantitative estimate of drug-likeness (QED) is 0.411. The van der Waals surface area contributed by atoms with Crippen LogP contribution in [0.2, 0.25) is 0 Å². The van der Waals surface area contributed by atoms with Crippen molar-refractivity contribution < 1.29 is 4.39 Å².